The van der Waals surface area contributed by atoms with Crippen molar-refractivity contribution >= 4 is 17.7 Å². The van der Waals surface area contributed by atoms with E-state index in [2.05, 4.69) is 5.32 Å². The van der Waals surface area contributed by atoms with Crippen LogP contribution in [0.15, 0.2) is 54.6 Å². The van der Waals surface area contributed by atoms with Crippen LogP contribution in [-0.4, -0.2) is 13.0 Å². The Morgan fingerprint density at radius 1 is 1.13 bits per heavy atom. The molecule has 0 fully saturated rings. The lowest BCUT2D eigenvalue weighted by Crippen LogP contribution is -2.07. The van der Waals surface area contributed by atoms with E-state index >= 15 is 0 Å². The van der Waals surface area contributed by atoms with Crippen molar-refractivity contribution in [3.05, 3.63) is 65.7 Å². The van der Waals surface area contributed by atoms with Gasteiger partial charge in [-0.15, -0.1) is 0 Å². The molecule has 0 radical (unpaired) electrons. The molecular weight excluding hydrogens is 307 g/mol. The zero-order chi connectivity index (χ0) is 16.9. The molecule has 2 aromatic carbocycles. The molecule has 0 aliphatic rings. The van der Waals surface area contributed by atoms with Gasteiger partial charge in [-0.2, -0.15) is 13.2 Å². The highest BCUT2D eigenvalue weighted by molar-refractivity contribution is 6.02. The minimum atomic E-state index is -4.41. The number of alkyl halides is 3. The number of benzene rings is 2. The summed E-state index contributed by atoms with van der Waals surface area (Å²) in [6.45, 7) is 0. The van der Waals surface area contributed by atoms with Crippen LogP contribution < -0.4 is 10.1 Å². The fourth-order valence-corrected chi connectivity index (χ4v) is 1.88. The van der Waals surface area contributed by atoms with E-state index in [4.69, 9.17) is 4.74 Å². The van der Waals surface area contributed by atoms with E-state index in [0.717, 1.165) is 12.1 Å². The molecule has 2 aromatic rings. The number of methoxy groups -OCH3 is 1. The summed E-state index contributed by atoms with van der Waals surface area (Å²) >= 11 is 0. The summed E-state index contributed by atoms with van der Waals surface area (Å²) in [6, 6.07) is 11.5. The number of rotatable bonds is 4. The zero-order valence-electron chi connectivity index (χ0n) is 12.2. The summed E-state index contributed by atoms with van der Waals surface area (Å²) in [6.07, 6.45) is -1.91. The van der Waals surface area contributed by atoms with Gasteiger partial charge >= 0.3 is 6.18 Å². The Bertz CT molecular complexity index is 724. The van der Waals surface area contributed by atoms with Crippen LogP contribution in [0.4, 0.5) is 18.9 Å². The number of carbonyl (C=O) groups excluding carboxylic acids is 1. The average Bonchev–Trinajstić information content (AvgIpc) is 2.52. The van der Waals surface area contributed by atoms with Crippen molar-refractivity contribution in [3.8, 4) is 5.75 Å². The molecule has 0 heterocycles. The van der Waals surface area contributed by atoms with Crippen LogP contribution >= 0.6 is 0 Å². The summed E-state index contributed by atoms with van der Waals surface area (Å²) in [5.74, 6) is 0.139. The topological polar surface area (TPSA) is 38.3 Å². The SMILES string of the molecule is COc1cccc(NC(=O)/C=C/c2cccc(C(F)(F)F)c2)c1. The van der Waals surface area contributed by atoms with Gasteiger partial charge < -0.3 is 10.1 Å². The zero-order valence-corrected chi connectivity index (χ0v) is 12.2. The van der Waals surface area contributed by atoms with Gasteiger partial charge in [-0.25, -0.2) is 0 Å². The van der Waals surface area contributed by atoms with Crippen molar-refractivity contribution in [2.75, 3.05) is 12.4 Å². The minimum Gasteiger partial charge on any atom is -0.497 e. The largest absolute Gasteiger partial charge is 0.497 e. The van der Waals surface area contributed by atoms with Crippen LogP contribution in [-0.2, 0) is 11.0 Å². The van der Waals surface area contributed by atoms with Crippen molar-refractivity contribution < 1.29 is 22.7 Å². The molecule has 0 spiro atoms. The van der Waals surface area contributed by atoms with Gasteiger partial charge in [0.2, 0.25) is 5.91 Å². The molecule has 0 saturated carbocycles. The van der Waals surface area contributed by atoms with Crippen LogP contribution in [0.1, 0.15) is 11.1 Å². The molecule has 0 aliphatic carbocycles. The number of carbonyl (C=O) groups is 1. The molecule has 1 amide bonds. The first kappa shape index (κ1) is 16.6. The Morgan fingerprint density at radius 2 is 1.87 bits per heavy atom. The lowest BCUT2D eigenvalue weighted by Gasteiger charge is -2.07. The van der Waals surface area contributed by atoms with Crippen LogP contribution in [0, 0.1) is 0 Å². The summed E-state index contributed by atoms with van der Waals surface area (Å²) in [4.78, 5) is 11.8. The van der Waals surface area contributed by atoms with Crippen molar-refractivity contribution in [1.29, 1.82) is 0 Å². The maximum atomic E-state index is 12.6. The van der Waals surface area contributed by atoms with Gasteiger partial charge in [0, 0.05) is 17.8 Å². The van der Waals surface area contributed by atoms with Crippen LogP contribution in [0.2, 0.25) is 0 Å². The highest BCUT2D eigenvalue weighted by Crippen LogP contribution is 2.29. The van der Waals surface area contributed by atoms with E-state index in [1.807, 2.05) is 0 Å². The average molecular weight is 321 g/mol. The third kappa shape index (κ3) is 4.88. The molecule has 0 saturated heterocycles. The van der Waals surface area contributed by atoms with E-state index in [0.29, 0.717) is 17.0 Å². The van der Waals surface area contributed by atoms with Gasteiger partial charge in [0.05, 0.1) is 12.7 Å². The standard InChI is InChI=1S/C17H14F3NO2/c1-23-15-7-3-6-14(11-15)21-16(22)9-8-12-4-2-5-13(10-12)17(18,19)20/h2-11H,1H3,(H,21,22)/b9-8+. The molecular formula is C17H14F3NO2. The molecule has 0 bridgehead atoms. The Kier molecular flexibility index (Phi) is 5.05. The molecule has 2 rings (SSSR count). The summed E-state index contributed by atoms with van der Waals surface area (Å²) in [7, 11) is 1.51. The lowest BCUT2D eigenvalue weighted by molar-refractivity contribution is -0.137. The first-order valence-electron chi connectivity index (χ1n) is 6.69. The van der Waals surface area contributed by atoms with Crippen molar-refractivity contribution in [3.63, 3.8) is 0 Å². The van der Waals surface area contributed by atoms with Crippen molar-refractivity contribution in [2.24, 2.45) is 0 Å². The number of hydrogen-bond donors (Lipinski definition) is 1. The highest BCUT2D eigenvalue weighted by atomic mass is 19.4. The molecule has 3 nitrogen and oxygen atoms in total. The molecule has 1 N–H and O–H groups in total. The van der Waals surface area contributed by atoms with Gasteiger partial charge in [-0.3, -0.25) is 4.79 Å². The number of hydrogen-bond acceptors (Lipinski definition) is 2. The van der Waals surface area contributed by atoms with Gasteiger partial charge in [0.1, 0.15) is 5.75 Å². The molecule has 0 aromatic heterocycles. The number of anilines is 1. The molecule has 0 atom stereocenters. The van der Waals surface area contributed by atoms with E-state index in [1.165, 1.54) is 31.4 Å². The number of ether oxygens (including phenoxy) is 1. The van der Waals surface area contributed by atoms with Crippen molar-refractivity contribution in [2.45, 2.75) is 6.18 Å². The van der Waals surface area contributed by atoms with Crippen LogP contribution in [0.25, 0.3) is 6.08 Å². The van der Waals surface area contributed by atoms with E-state index in [9.17, 15) is 18.0 Å². The quantitative estimate of drug-likeness (QED) is 0.850. The van der Waals surface area contributed by atoms with E-state index < -0.39 is 17.6 Å². The minimum absolute atomic E-state index is 0.292. The fourth-order valence-electron chi connectivity index (χ4n) is 1.88. The van der Waals surface area contributed by atoms with E-state index in [-0.39, 0.29) is 0 Å². The third-order valence-electron chi connectivity index (χ3n) is 2.98. The van der Waals surface area contributed by atoms with Crippen LogP contribution in [0.3, 0.4) is 0 Å². The molecule has 23 heavy (non-hydrogen) atoms. The fraction of sp³-hybridized carbons (Fsp3) is 0.118. The maximum Gasteiger partial charge on any atom is 0.416 e. The highest BCUT2D eigenvalue weighted by Gasteiger charge is 2.30. The number of amides is 1. The second-order valence-electron chi connectivity index (χ2n) is 4.68. The number of halogens is 3. The Labute approximate surface area is 131 Å². The Morgan fingerprint density at radius 3 is 2.57 bits per heavy atom. The predicted octanol–water partition coefficient (Wildman–Crippen LogP) is 4.37. The van der Waals surface area contributed by atoms with Gasteiger partial charge in [0.25, 0.3) is 0 Å². The van der Waals surface area contributed by atoms with Gasteiger partial charge in [-0.05, 0) is 35.9 Å². The Hall–Kier alpha value is -2.76. The first-order chi connectivity index (χ1) is 10.9. The second kappa shape index (κ2) is 7.00. The Balaban J connectivity index is 2.06. The molecule has 6 heteroatoms. The van der Waals surface area contributed by atoms with Crippen molar-refractivity contribution in [1.82, 2.24) is 0 Å². The molecule has 0 aliphatic heterocycles. The lowest BCUT2D eigenvalue weighted by atomic mass is 10.1. The molecule has 0 unspecified atom stereocenters. The maximum absolute atomic E-state index is 12.6. The normalized spacial score (nSPS) is 11.5. The second-order valence-corrected chi connectivity index (χ2v) is 4.68. The van der Waals surface area contributed by atoms with Crippen LogP contribution in [0.5, 0.6) is 5.75 Å². The van der Waals surface area contributed by atoms with Gasteiger partial charge in [-0.1, -0.05) is 18.2 Å². The predicted molar refractivity (Wildman–Crippen MR) is 82.1 cm³/mol. The summed E-state index contributed by atoms with van der Waals surface area (Å²) < 4.78 is 42.9. The smallest absolute Gasteiger partial charge is 0.416 e. The third-order valence-corrected chi connectivity index (χ3v) is 2.98. The van der Waals surface area contributed by atoms with Gasteiger partial charge in [0.15, 0.2) is 0 Å². The first-order valence-corrected chi connectivity index (χ1v) is 6.69. The molecule has 120 valence electrons. The summed E-state index contributed by atoms with van der Waals surface area (Å²) in [5.41, 5.74) is 0.0662. The van der Waals surface area contributed by atoms with E-state index in [1.54, 1.807) is 24.3 Å². The summed E-state index contributed by atoms with van der Waals surface area (Å²) in [5, 5.41) is 2.60. The number of nitrogens with one attached hydrogen (secondary N) is 1. The monoisotopic (exact) mass is 321 g/mol.